The van der Waals surface area contributed by atoms with Gasteiger partial charge in [-0.1, -0.05) is 35.9 Å². The van der Waals surface area contributed by atoms with E-state index in [0.717, 1.165) is 58.8 Å². The third-order valence-electron chi connectivity index (χ3n) is 6.21. The van der Waals surface area contributed by atoms with Crippen LogP contribution in [0.2, 0.25) is 0 Å². The average Bonchev–Trinajstić information content (AvgIpc) is 3.36. The van der Waals surface area contributed by atoms with Crippen molar-refractivity contribution in [2.75, 3.05) is 11.9 Å². The van der Waals surface area contributed by atoms with Gasteiger partial charge in [-0.3, -0.25) is 4.57 Å². The summed E-state index contributed by atoms with van der Waals surface area (Å²) in [5.74, 6) is 1.64. The fourth-order valence-corrected chi connectivity index (χ4v) is 4.86. The van der Waals surface area contributed by atoms with Crippen molar-refractivity contribution < 1.29 is 0 Å². The third kappa shape index (κ3) is 3.75. The van der Waals surface area contributed by atoms with Crippen LogP contribution in [-0.4, -0.2) is 30.6 Å². The van der Waals surface area contributed by atoms with Gasteiger partial charge in [0, 0.05) is 31.1 Å². The lowest BCUT2D eigenvalue weighted by Gasteiger charge is -2.15. The summed E-state index contributed by atoms with van der Waals surface area (Å²) in [5.41, 5.74) is 8.12. The minimum absolute atomic E-state index is 0.756. The van der Waals surface area contributed by atoms with Gasteiger partial charge < -0.3 is 9.88 Å². The van der Waals surface area contributed by atoms with Gasteiger partial charge >= 0.3 is 0 Å². The Morgan fingerprint density at radius 3 is 2.45 bits per heavy atom. The lowest BCUT2D eigenvalue weighted by molar-refractivity contribution is 0.760. The predicted octanol–water partition coefficient (Wildman–Crippen LogP) is 5.68. The van der Waals surface area contributed by atoms with Crippen molar-refractivity contribution in [1.29, 1.82) is 0 Å². The molecule has 3 heterocycles. The molecule has 0 atom stereocenters. The van der Waals surface area contributed by atoms with Crippen LogP contribution in [0.3, 0.4) is 0 Å². The number of imidazole rings is 1. The molecule has 0 aliphatic heterocycles. The number of aromatic nitrogens is 5. The number of anilines is 1. The van der Waals surface area contributed by atoms with E-state index in [0.29, 0.717) is 0 Å². The van der Waals surface area contributed by atoms with Gasteiger partial charge in [-0.25, -0.2) is 15.0 Å². The number of benzene rings is 2. The molecule has 0 saturated heterocycles. The second-order valence-corrected chi connectivity index (χ2v) is 8.79. The number of hydrogen-bond donors (Lipinski definition) is 1. The average molecular weight is 439 g/mol. The van der Waals surface area contributed by atoms with Crippen molar-refractivity contribution >= 4 is 27.8 Å². The van der Waals surface area contributed by atoms with Crippen LogP contribution in [0.15, 0.2) is 48.9 Å². The van der Waals surface area contributed by atoms with Crippen molar-refractivity contribution in [1.82, 2.24) is 24.1 Å². The van der Waals surface area contributed by atoms with Gasteiger partial charge in [-0.05, 0) is 51.8 Å². The molecule has 168 valence electrons. The number of nitrogens with one attached hydrogen (secondary N) is 1. The van der Waals surface area contributed by atoms with Crippen molar-refractivity contribution in [2.24, 2.45) is 0 Å². The first-order chi connectivity index (χ1) is 16.0. The molecule has 2 aromatic carbocycles. The smallest absolute Gasteiger partial charge is 0.151 e. The number of hydrogen-bond acceptors (Lipinski definition) is 4. The maximum atomic E-state index is 4.93. The highest BCUT2D eigenvalue weighted by atomic mass is 15.1. The van der Waals surface area contributed by atoms with E-state index in [1.807, 2.05) is 13.3 Å². The van der Waals surface area contributed by atoms with E-state index in [1.165, 1.54) is 22.4 Å². The molecular formula is C27H30N6. The fraction of sp³-hybridized carbons (Fsp3) is 0.296. The number of aryl methyl sites for hydroxylation is 5. The molecule has 5 rings (SSSR count). The molecule has 0 spiro atoms. The molecule has 6 heteroatoms. The van der Waals surface area contributed by atoms with Gasteiger partial charge in [0.2, 0.25) is 0 Å². The number of fused-ring (bicyclic) bond motifs is 3. The molecule has 0 bridgehead atoms. The maximum Gasteiger partial charge on any atom is 0.151 e. The van der Waals surface area contributed by atoms with Crippen LogP contribution in [0, 0.1) is 27.7 Å². The first kappa shape index (κ1) is 21.2. The van der Waals surface area contributed by atoms with Crippen LogP contribution >= 0.6 is 0 Å². The van der Waals surface area contributed by atoms with Crippen LogP contribution in [0.1, 0.15) is 35.1 Å². The summed E-state index contributed by atoms with van der Waals surface area (Å²) in [7, 11) is 0. The summed E-state index contributed by atoms with van der Waals surface area (Å²) in [6, 6.07) is 13.0. The zero-order valence-corrected chi connectivity index (χ0v) is 20.0. The summed E-state index contributed by atoms with van der Waals surface area (Å²) in [6.45, 7) is 12.3. The lowest BCUT2D eigenvalue weighted by atomic mass is 10.0. The molecule has 3 aromatic heterocycles. The van der Waals surface area contributed by atoms with Gasteiger partial charge in [0.15, 0.2) is 5.65 Å². The van der Waals surface area contributed by atoms with Gasteiger partial charge in [-0.2, -0.15) is 0 Å². The molecule has 6 nitrogen and oxygen atoms in total. The summed E-state index contributed by atoms with van der Waals surface area (Å²) in [4.78, 5) is 14.2. The highest BCUT2D eigenvalue weighted by Crippen LogP contribution is 2.36. The van der Waals surface area contributed by atoms with Gasteiger partial charge in [0.05, 0.1) is 28.6 Å². The Kier molecular flexibility index (Phi) is 5.36. The van der Waals surface area contributed by atoms with Crippen molar-refractivity contribution in [3.63, 3.8) is 0 Å². The fourth-order valence-electron chi connectivity index (χ4n) is 4.86. The van der Waals surface area contributed by atoms with Gasteiger partial charge in [0.1, 0.15) is 11.6 Å². The van der Waals surface area contributed by atoms with E-state index < -0.39 is 0 Å². The van der Waals surface area contributed by atoms with Crippen molar-refractivity contribution in [2.45, 2.75) is 47.6 Å². The molecule has 1 N–H and O–H groups in total. The Morgan fingerprint density at radius 2 is 1.73 bits per heavy atom. The number of rotatable bonds is 6. The first-order valence-electron chi connectivity index (χ1n) is 11.6. The summed E-state index contributed by atoms with van der Waals surface area (Å²) in [5, 5.41) is 5.81. The Hall–Kier alpha value is -3.67. The van der Waals surface area contributed by atoms with Crippen LogP contribution in [0.5, 0.6) is 0 Å². The summed E-state index contributed by atoms with van der Waals surface area (Å²) >= 11 is 0. The molecule has 33 heavy (non-hydrogen) atoms. The van der Waals surface area contributed by atoms with Crippen LogP contribution in [0.25, 0.3) is 27.6 Å². The Labute approximate surface area is 194 Å². The molecule has 0 radical (unpaired) electrons. The lowest BCUT2D eigenvalue weighted by Crippen LogP contribution is -2.09. The summed E-state index contributed by atoms with van der Waals surface area (Å²) < 4.78 is 4.40. The third-order valence-corrected chi connectivity index (χ3v) is 6.21. The quantitative estimate of drug-likeness (QED) is 0.371. The topological polar surface area (TPSA) is 60.6 Å². The van der Waals surface area contributed by atoms with E-state index >= 15 is 0 Å². The minimum Gasteiger partial charge on any atom is -0.369 e. The highest BCUT2D eigenvalue weighted by molar-refractivity contribution is 6.13. The van der Waals surface area contributed by atoms with Crippen molar-refractivity contribution in [3.8, 4) is 5.69 Å². The second kappa shape index (κ2) is 8.35. The molecular weight excluding hydrogens is 408 g/mol. The second-order valence-electron chi connectivity index (χ2n) is 8.79. The molecule has 5 aromatic rings. The Bertz CT molecular complexity index is 1450. The van der Waals surface area contributed by atoms with E-state index in [-0.39, 0.29) is 0 Å². The molecule has 0 aliphatic carbocycles. The SMILES string of the molecule is CCn1cnc(CCNc2nc(C)nc3c2c2ccccc2n3-c2c(C)cc(C)cc2C)c1. The van der Waals surface area contributed by atoms with Crippen LogP contribution in [0.4, 0.5) is 5.82 Å². The van der Waals surface area contributed by atoms with Crippen LogP contribution < -0.4 is 5.32 Å². The van der Waals surface area contributed by atoms with Crippen molar-refractivity contribution in [3.05, 3.63) is 77.1 Å². The largest absolute Gasteiger partial charge is 0.369 e. The van der Waals surface area contributed by atoms with E-state index in [9.17, 15) is 0 Å². The van der Waals surface area contributed by atoms with Gasteiger partial charge in [0.25, 0.3) is 0 Å². The molecule has 0 saturated carbocycles. The zero-order valence-electron chi connectivity index (χ0n) is 20.0. The monoisotopic (exact) mass is 438 g/mol. The zero-order chi connectivity index (χ0) is 23.1. The van der Waals surface area contributed by atoms with Gasteiger partial charge in [-0.15, -0.1) is 0 Å². The van der Waals surface area contributed by atoms with E-state index in [4.69, 9.17) is 9.97 Å². The molecule has 0 unspecified atom stereocenters. The van der Waals surface area contributed by atoms with E-state index in [1.54, 1.807) is 0 Å². The van der Waals surface area contributed by atoms with E-state index in [2.05, 4.69) is 89.7 Å². The first-order valence-corrected chi connectivity index (χ1v) is 11.6. The standard InChI is InChI=1S/C27H30N6/c1-6-32-15-21(29-16-32)11-12-28-26-24-22-9-7-8-10-23(22)33(27(24)31-20(5)30-26)25-18(3)13-17(2)14-19(25)4/h7-10,13-16H,6,11-12H2,1-5H3,(H,28,30,31). The molecule has 0 amide bonds. The number of para-hydroxylation sites is 1. The Balaban J connectivity index is 1.65. The minimum atomic E-state index is 0.756. The highest BCUT2D eigenvalue weighted by Gasteiger charge is 2.20. The maximum absolute atomic E-state index is 4.93. The predicted molar refractivity (Wildman–Crippen MR) is 135 cm³/mol. The Morgan fingerprint density at radius 1 is 0.970 bits per heavy atom. The normalized spacial score (nSPS) is 11.5. The number of nitrogens with zero attached hydrogens (tertiary/aromatic N) is 5. The molecule has 0 fully saturated rings. The summed E-state index contributed by atoms with van der Waals surface area (Å²) in [6.07, 6.45) is 4.84. The van der Waals surface area contributed by atoms with Crippen LogP contribution in [-0.2, 0) is 13.0 Å². The molecule has 0 aliphatic rings.